The van der Waals surface area contributed by atoms with Gasteiger partial charge in [-0.2, -0.15) is 0 Å². The summed E-state index contributed by atoms with van der Waals surface area (Å²) in [5, 5.41) is 8.58. The van der Waals surface area contributed by atoms with Crippen LogP contribution in [-0.4, -0.2) is 27.7 Å². The molecule has 0 aliphatic heterocycles. The van der Waals surface area contributed by atoms with E-state index in [1.807, 2.05) is 59.2 Å². The summed E-state index contributed by atoms with van der Waals surface area (Å²) in [6, 6.07) is 17.0. The fourth-order valence-corrected chi connectivity index (χ4v) is 2.75. The lowest BCUT2D eigenvalue weighted by molar-refractivity contribution is 0.0990. The van der Waals surface area contributed by atoms with Crippen molar-refractivity contribution in [3.05, 3.63) is 71.8 Å². The second kappa shape index (κ2) is 7.75. The number of rotatable bonds is 7. The van der Waals surface area contributed by atoms with E-state index in [1.54, 1.807) is 7.11 Å². The molecule has 0 N–H and O–H groups in total. The zero-order valence-electron chi connectivity index (χ0n) is 14.5. The number of carbonyl (C=O) groups excluding carboxylic acids is 1. The minimum atomic E-state index is 0.0332. The van der Waals surface area contributed by atoms with Gasteiger partial charge in [-0.15, -0.1) is 10.2 Å². The second-order valence-electron chi connectivity index (χ2n) is 5.78. The number of methoxy groups -OCH3 is 1. The zero-order chi connectivity index (χ0) is 17.6. The van der Waals surface area contributed by atoms with Gasteiger partial charge in [-0.05, 0) is 30.7 Å². The van der Waals surface area contributed by atoms with E-state index in [9.17, 15) is 4.79 Å². The van der Waals surface area contributed by atoms with Crippen molar-refractivity contribution in [1.82, 2.24) is 14.8 Å². The molecule has 0 aliphatic rings. The number of aryl methyl sites for hydroxylation is 1. The Morgan fingerprint density at radius 2 is 1.68 bits per heavy atom. The van der Waals surface area contributed by atoms with Crippen LogP contribution in [-0.2, 0) is 12.8 Å². The molecule has 25 heavy (non-hydrogen) atoms. The van der Waals surface area contributed by atoms with Crippen molar-refractivity contribution < 1.29 is 9.53 Å². The van der Waals surface area contributed by atoms with Gasteiger partial charge >= 0.3 is 0 Å². The fourth-order valence-electron chi connectivity index (χ4n) is 2.75. The lowest BCUT2D eigenvalue weighted by Gasteiger charge is -2.11. The lowest BCUT2D eigenvalue weighted by Crippen LogP contribution is -2.11. The van der Waals surface area contributed by atoms with Crippen LogP contribution in [0.2, 0.25) is 0 Å². The fraction of sp³-hybridized carbons (Fsp3) is 0.250. The lowest BCUT2D eigenvalue weighted by atomic mass is 10.1. The summed E-state index contributed by atoms with van der Waals surface area (Å²) in [5.41, 5.74) is 1.62. The van der Waals surface area contributed by atoms with E-state index in [0.717, 1.165) is 30.1 Å². The maximum absolute atomic E-state index is 12.6. The smallest absolute Gasteiger partial charge is 0.170 e. The summed E-state index contributed by atoms with van der Waals surface area (Å²) >= 11 is 0. The van der Waals surface area contributed by atoms with Gasteiger partial charge in [0.15, 0.2) is 5.78 Å². The summed E-state index contributed by atoms with van der Waals surface area (Å²) < 4.78 is 7.20. The summed E-state index contributed by atoms with van der Waals surface area (Å²) in [4.78, 5) is 12.6. The predicted octanol–water partition coefficient (Wildman–Crippen LogP) is 3.65. The van der Waals surface area contributed by atoms with E-state index in [0.29, 0.717) is 11.4 Å². The third-order valence-electron chi connectivity index (χ3n) is 4.02. The van der Waals surface area contributed by atoms with Crippen LogP contribution >= 0.6 is 0 Å². The van der Waals surface area contributed by atoms with Gasteiger partial charge in [0, 0.05) is 17.7 Å². The standard InChI is InChI=1S/C20H21N3O2/c1-3-7-19-21-22-20(14-18(24)15-8-5-4-6-9-15)23(19)16-10-12-17(25-2)13-11-16/h4-6,8-13H,3,7,14H2,1-2H3. The topological polar surface area (TPSA) is 57.0 Å². The number of nitrogens with zero attached hydrogens (tertiary/aromatic N) is 3. The Kier molecular flexibility index (Phi) is 5.23. The van der Waals surface area contributed by atoms with Crippen molar-refractivity contribution in [3.8, 4) is 11.4 Å². The predicted molar refractivity (Wildman–Crippen MR) is 96.4 cm³/mol. The van der Waals surface area contributed by atoms with Crippen LogP contribution in [0, 0.1) is 0 Å². The quantitative estimate of drug-likeness (QED) is 0.618. The molecule has 3 rings (SSSR count). The van der Waals surface area contributed by atoms with Crippen molar-refractivity contribution >= 4 is 5.78 Å². The van der Waals surface area contributed by atoms with Crippen LogP contribution in [0.25, 0.3) is 5.69 Å². The molecule has 3 aromatic rings. The van der Waals surface area contributed by atoms with Crippen molar-refractivity contribution in [2.24, 2.45) is 0 Å². The van der Waals surface area contributed by atoms with Crippen LogP contribution in [0.3, 0.4) is 0 Å². The first kappa shape index (κ1) is 16.9. The molecular formula is C20H21N3O2. The molecule has 0 aliphatic carbocycles. The van der Waals surface area contributed by atoms with E-state index in [2.05, 4.69) is 17.1 Å². The average Bonchev–Trinajstić information content (AvgIpc) is 3.05. The van der Waals surface area contributed by atoms with Gasteiger partial charge in [0.2, 0.25) is 0 Å². The highest BCUT2D eigenvalue weighted by atomic mass is 16.5. The summed E-state index contributed by atoms with van der Waals surface area (Å²) in [5.74, 6) is 2.34. The molecule has 1 heterocycles. The number of hydrogen-bond donors (Lipinski definition) is 0. The third-order valence-corrected chi connectivity index (χ3v) is 4.02. The van der Waals surface area contributed by atoms with Crippen LogP contribution in [0.5, 0.6) is 5.75 Å². The molecule has 5 nitrogen and oxygen atoms in total. The first-order chi connectivity index (χ1) is 12.2. The molecule has 0 saturated carbocycles. The molecule has 0 radical (unpaired) electrons. The Morgan fingerprint density at radius 1 is 1.00 bits per heavy atom. The van der Waals surface area contributed by atoms with Crippen LogP contribution in [0.4, 0.5) is 0 Å². The van der Waals surface area contributed by atoms with Gasteiger partial charge in [0.1, 0.15) is 17.4 Å². The van der Waals surface area contributed by atoms with Crippen LogP contribution < -0.4 is 4.74 Å². The Bertz CT molecular complexity index is 839. The van der Waals surface area contributed by atoms with Crippen molar-refractivity contribution in [2.45, 2.75) is 26.2 Å². The number of Topliss-reactive ketones (excluding diaryl/α,β-unsaturated/α-hetero) is 1. The van der Waals surface area contributed by atoms with Gasteiger partial charge in [-0.25, -0.2) is 0 Å². The molecule has 0 atom stereocenters. The summed E-state index contributed by atoms with van der Waals surface area (Å²) in [6.45, 7) is 2.10. The molecule has 1 aromatic heterocycles. The minimum absolute atomic E-state index is 0.0332. The molecule has 0 amide bonds. The Morgan fingerprint density at radius 3 is 2.32 bits per heavy atom. The van der Waals surface area contributed by atoms with Gasteiger partial charge in [0.05, 0.1) is 13.5 Å². The minimum Gasteiger partial charge on any atom is -0.497 e. The largest absolute Gasteiger partial charge is 0.497 e. The average molecular weight is 335 g/mol. The van der Waals surface area contributed by atoms with Crippen molar-refractivity contribution in [3.63, 3.8) is 0 Å². The van der Waals surface area contributed by atoms with E-state index in [4.69, 9.17) is 4.74 Å². The molecule has 0 bridgehead atoms. The first-order valence-electron chi connectivity index (χ1n) is 8.38. The maximum Gasteiger partial charge on any atom is 0.170 e. The summed E-state index contributed by atoms with van der Waals surface area (Å²) in [6.07, 6.45) is 1.98. The molecule has 128 valence electrons. The maximum atomic E-state index is 12.6. The normalized spacial score (nSPS) is 10.6. The van der Waals surface area contributed by atoms with E-state index < -0.39 is 0 Å². The van der Waals surface area contributed by atoms with Gasteiger partial charge in [-0.3, -0.25) is 9.36 Å². The Hall–Kier alpha value is -2.95. The molecule has 0 spiro atoms. The second-order valence-corrected chi connectivity index (χ2v) is 5.78. The number of ketones is 1. The van der Waals surface area contributed by atoms with Crippen LogP contribution in [0.15, 0.2) is 54.6 Å². The molecule has 0 unspecified atom stereocenters. The monoisotopic (exact) mass is 335 g/mol. The van der Waals surface area contributed by atoms with Crippen molar-refractivity contribution in [2.75, 3.05) is 7.11 Å². The van der Waals surface area contributed by atoms with Gasteiger partial charge in [0.25, 0.3) is 0 Å². The highest BCUT2D eigenvalue weighted by Crippen LogP contribution is 2.19. The highest BCUT2D eigenvalue weighted by molar-refractivity contribution is 5.97. The number of hydrogen-bond acceptors (Lipinski definition) is 4. The SMILES string of the molecule is CCCc1nnc(CC(=O)c2ccccc2)n1-c1ccc(OC)cc1. The molecule has 0 saturated heterocycles. The number of benzene rings is 2. The Balaban J connectivity index is 1.95. The van der Waals surface area contributed by atoms with E-state index >= 15 is 0 Å². The molecule has 2 aromatic carbocycles. The van der Waals surface area contributed by atoms with Crippen LogP contribution in [0.1, 0.15) is 35.4 Å². The Labute approximate surface area is 147 Å². The third kappa shape index (κ3) is 3.76. The molecule has 5 heteroatoms. The highest BCUT2D eigenvalue weighted by Gasteiger charge is 2.17. The summed E-state index contributed by atoms with van der Waals surface area (Å²) in [7, 11) is 1.64. The number of aromatic nitrogens is 3. The van der Waals surface area contributed by atoms with E-state index in [1.165, 1.54) is 0 Å². The van der Waals surface area contributed by atoms with E-state index in [-0.39, 0.29) is 12.2 Å². The number of ether oxygens (including phenoxy) is 1. The molecular weight excluding hydrogens is 314 g/mol. The van der Waals surface area contributed by atoms with Crippen molar-refractivity contribution in [1.29, 1.82) is 0 Å². The molecule has 0 fully saturated rings. The van der Waals surface area contributed by atoms with Gasteiger partial charge < -0.3 is 4.74 Å². The first-order valence-corrected chi connectivity index (χ1v) is 8.38. The van der Waals surface area contributed by atoms with Gasteiger partial charge in [-0.1, -0.05) is 37.3 Å². The zero-order valence-corrected chi connectivity index (χ0v) is 14.5. The number of carbonyl (C=O) groups is 1.